The average Bonchev–Trinajstić information content (AvgIpc) is 2.00. The number of carbonyl (C=O) groups excluding carboxylic acids is 1. The van der Waals surface area contributed by atoms with Gasteiger partial charge in [0.15, 0.2) is 0 Å². The maximum Gasteiger partial charge on any atom is 0.332 e. The Bertz CT molecular complexity index is 132. The van der Waals surface area contributed by atoms with E-state index in [1.807, 2.05) is 0 Å². The fourth-order valence-corrected chi connectivity index (χ4v) is 0.395. The second-order valence-corrected chi connectivity index (χ2v) is 1.71. The summed E-state index contributed by atoms with van der Waals surface area (Å²) >= 11 is 0. The monoisotopic (exact) mass is 160 g/mol. The van der Waals surface area contributed by atoms with Crippen molar-refractivity contribution in [2.75, 3.05) is 6.61 Å². The Morgan fingerprint density at radius 3 is 2.82 bits per heavy atom. The van der Waals surface area contributed by atoms with E-state index in [-0.39, 0.29) is 0 Å². The third kappa shape index (κ3) is 5.57. The van der Waals surface area contributed by atoms with E-state index in [9.17, 15) is 4.79 Å². The Morgan fingerprint density at radius 2 is 2.36 bits per heavy atom. The van der Waals surface area contributed by atoms with Crippen LogP contribution in [0.5, 0.6) is 0 Å². The molecule has 4 nitrogen and oxygen atoms in total. The van der Waals surface area contributed by atoms with Crippen LogP contribution in [-0.2, 0) is 19.3 Å². The number of hydrogen-bond acceptors (Lipinski definition) is 4. The molecule has 0 radical (unpaired) electrons. The van der Waals surface area contributed by atoms with Crippen LogP contribution in [0.25, 0.3) is 0 Å². The zero-order valence-electron chi connectivity index (χ0n) is 6.70. The molecule has 0 aliphatic carbocycles. The second-order valence-electron chi connectivity index (χ2n) is 1.71. The van der Waals surface area contributed by atoms with Gasteiger partial charge in [-0.25, -0.2) is 9.68 Å². The molecule has 1 unspecified atom stereocenters. The summed E-state index contributed by atoms with van der Waals surface area (Å²) in [7, 11) is 0. The Balaban J connectivity index is 3.43. The summed E-state index contributed by atoms with van der Waals surface area (Å²) in [4.78, 5) is 19.6. The van der Waals surface area contributed by atoms with E-state index >= 15 is 0 Å². The van der Waals surface area contributed by atoms with E-state index < -0.39 is 12.3 Å². The van der Waals surface area contributed by atoms with E-state index in [1.54, 1.807) is 13.8 Å². The van der Waals surface area contributed by atoms with Gasteiger partial charge in [-0.2, -0.15) is 4.89 Å². The minimum absolute atomic E-state index is 0.413. The van der Waals surface area contributed by atoms with E-state index in [2.05, 4.69) is 21.1 Å². The van der Waals surface area contributed by atoms with E-state index in [0.29, 0.717) is 6.61 Å². The van der Waals surface area contributed by atoms with Gasteiger partial charge in [0.25, 0.3) is 0 Å². The van der Waals surface area contributed by atoms with Gasteiger partial charge >= 0.3 is 5.97 Å². The fraction of sp³-hybridized carbons (Fsp3) is 0.571. The predicted octanol–water partition coefficient (Wildman–Crippen LogP) is 1.03. The third-order valence-corrected chi connectivity index (χ3v) is 0.770. The summed E-state index contributed by atoms with van der Waals surface area (Å²) < 4.78 is 4.60. The van der Waals surface area contributed by atoms with Crippen molar-refractivity contribution in [3.05, 3.63) is 12.7 Å². The van der Waals surface area contributed by atoms with Gasteiger partial charge in [0.1, 0.15) is 0 Å². The summed E-state index contributed by atoms with van der Waals surface area (Å²) in [5.41, 5.74) is 0. The number of carbonyl (C=O) groups is 1. The van der Waals surface area contributed by atoms with Gasteiger partial charge in [-0.15, -0.1) is 0 Å². The topological polar surface area (TPSA) is 44.8 Å². The summed E-state index contributed by atoms with van der Waals surface area (Å²) in [6, 6.07) is 0. The zero-order chi connectivity index (χ0) is 8.69. The fourth-order valence-electron chi connectivity index (χ4n) is 0.395. The molecule has 0 saturated heterocycles. The SMILES string of the molecule is C=CC(=O)OC(C)OOCC. The smallest absolute Gasteiger partial charge is 0.332 e. The van der Waals surface area contributed by atoms with Crippen molar-refractivity contribution in [3.8, 4) is 0 Å². The molecule has 0 N–H and O–H groups in total. The molecule has 0 aromatic rings. The molecule has 0 spiro atoms. The predicted molar refractivity (Wildman–Crippen MR) is 38.5 cm³/mol. The lowest BCUT2D eigenvalue weighted by molar-refractivity contribution is -0.362. The van der Waals surface area contributed by atoms with Crippen LogP contribution in [0, 0.1) is 0 Å². The molecule has 0 aromatic carbocycles. The van der Waals surface area contributed by atoms with E-state index in [1.165, 1.54) is 0 Å². The van der Waals surface area contributed by atoms with Crippen molar-refractivity contribution in [3.63, 3.8) is 0 Å². The lowest BCUT2D eigenvalue weighted by atomic mass is 10.6. The van der Waals surface area contributed by atoms with Gasteiger partial charge < -0.3 is 4.74 Å². The average molecular weight is 160 g/mol. The maximum absolute atomic E-state index is 10.5. The second kappa shape index (κ2) is 5.88. The summed E-state index contributed by atoms with van der Waals surface area (Å²) in [6.07, 6.45) is 0.367. The van der Waals surface area contributed by atoms with Crippen molar-refractivity contribution >= 4 is 5.97 Å². The number of esters is 1. The van der Waals surface area contributed by atoms with Gasteiger partial charge in [-0.3, -0.25) is 0 Å². The lowest BCUT2D eigenvalue weighted by Crippen LogP contribution is -2.16. The van der Waals surface area contributed by atoms with Crippen LogP contribution >= 0.6 is 0 Å². The molecule has 4 heteroatoms. The van der Waals surface area contributed by atoms with Gasteiger partial charge in [0.2, 0.25) is 6.29 Å². The van der Waals surface area contributed by atoms with Gasteiger partial charge in [0.05, 0.1) is 6.61 Å². The highest BCUT2D eigenvalue weighted by molar-refractivity contribution is 5.81. The van der Waals surface area contributed by atoms with E-state index in [4.69, 9.17) is 0 Å². The first kappa shape index (κ1) is 10.1. The van der Waals surface area contributed by atoms with Crippen molar-refractivity contribution < 1.29 is 19.3 Å². The van der Waals surface area contributed by atoms with Crippen LogP contribution in [-0.4, -0.2) is 18.9 Å². The van der Waals surface area contributed by atoms with Crippen molar-refractivity contribution in [1.82, 2.24) is 0 Å². The highest BCUT2D eigenvalue weighted by atomic mass is 17.2. The molecule has 0 rings (SSSR count). The molecule has 11 heavy (non-hydrogen) atoms. The number of ether oxygens (including phenoxy) is 1. The largest absolute Gasteiger partial charge is 0.430 e. The van der Waals surface area contributed by atoms with Crippen LogP contribution in [0.15, 0.2) is 12.7 Å². The molecule has 0 saturated carbocycles. The third-order valence-electron chi connectivity index (χ3n) is 0.770. The summed E-state index contributed by atoms with van der Waals surface area (Å²) in [5.74, 6) is -0.530. The van der Waals surface area contributed by atoms with Gasteiger partial charge in [0, 0.05) is 13.0 Å². The highest BCUT2D eigenvalue weighted by Gasteiger charge is 2.05. The van der Waals surface area contributed by atoms with Gasteiger partial charge in [-0.1, -0.05) is 6.58 Å². The summed E-state index contributed by atoms with van der Waals surface area (Å²) in [6.45, 7) is 6.95. The maximum atomic E-state index is 10.5. The number of rotatable bonds is 5. The molecular weight excluding hydrogens is 148 g/mol. The molecule has 64 valence electrons. The quantitative estimate of drug-likeness (QED) is 0.198. The van der Waals surface area contributed by atoms with Crippen LogP contribution in [0.1, 0.15) is 13.8 Å². The van der Waals surface area contributed by atoms with Gasteiger partial charge in [-0.05, 0) is 6.92 Å². The van der Waals surface area contributed by atoms with Crippen LogP contribution in [0.3, 0.4) is 0 Å². The molecule has 1 atom stereocenters. The normalized spacial score (nSPS) is 12.2. The van der Waals surface area contributed by atoms with Crippen molar-refractivity contribution in [2.45, 2.75) is 20.1 Å². The van der Waals surface area contributed by atoms with Crippen LogP contribution in [0.2, 0.25) is 0 Å². The molecule has 0 aromatic heterocycles. The molecular formula is C7H12O4. The molecule has 0 aliphatic rings. The standard InChI is InChI=1S/C7H12O4/c1-4-7(8)10-6(3)11-9-5-2/h4,6H,1,5H2,2-3H3. The highest BCUT2D eigenvalue weighted by Crippen LogP contribution is 1.94. The zero-order valence-corrected chi connectivity index (χ0v) is 6.70. The van der Waals surface area contributed by atoms with Crippen molar-refractivity contribution in [1.29, 1.82) is 0 Å². The first-order valence-electron chi connectivity index (χ1n) is 3.32. The van der Waals surface area contributed by atoms with Crippen LogP contribution < -0.4 is 0 Å². The Labute approximate surface area is 65.7 Å². The molecule has 0 fully saturated rings. The molecule has 0 amide bonds. The van der Waals surface area contributed by atoms with Crippen LogP contribution in [0.4, 0.5) is 0 Å². The van der Waals surface area contributed by atoms with E-state index in [0.717, 1.165) is 6.08 Å². The molecule has 0 heterocycles. The first-order chi connectivity index (χ1) is 5.20. The van der Waals surface area contributed by atoms with Crippen molar-refractivity contribution in [2.24, 2.45) is 0 Å². The Kier molecular flexibility index (Phi) is 5.42. The lowest BCUT2D eigenvalue weighted by Gasteiger charge is -2.09. The molecule has 0 bridgehead atoms. The number of hydrogen-bond donors (Lipinski definition) is 0. The Hall–Kier alpha value is -0.870. The minimum atomic E-state index is -0.694. The molecule has 0 aliphatic heterocycles. The summed E-state index contributed by atoms with van der Waals surface area (Å²) in [5, 5.41) is 0. The Morgan fingerprint density at radius 1 is 1.73 bits per heavy atom. The minimum Gasteiger partial charge on any atom is -0.430 e. The first-order valence-corrected chi connectivity index (χ1v) is 3.32.